The molecule has 0 atom stereocenters. The van der Waals surface area contributed by atoms with E-state index < -0.39 is 0 Å². The molecule has 0 saturated heterocycles. The summed E-state index contributed by atoms with van der Waals surface area (Å²) in [6, 6.07) is 36.1. The van der Waals surface area contributed by atoms with Gasteiger partial charge in [-0.25, -0.2) is 9.97 Å². The van der Waals surface area contributed by atoms with Crippen molar-refractivity contribution >= 4 is 34.0 Å². The van der Waals surface area contributed by atoms with Gasteiger partial charge in [0.15, 0.2) is 0 Å². The third kappa shape index (κ3) is 3.06. The maximum absolute atomic E-state index is 4.73. The van der Waals surface area contributed by atoms with Crippen LogP contribution in [0.5, 0.6) is 0 Å². The van der Waals surface area contributed by atoms with Crippen LogP contribution in [-0.4, -0.2) is 19.1 Å². The van der Waals surface area contributed by atoms with Crippen molar-refractivity contribution in [2.24, 2.45) is 10.2 Å². The van der Waals surface area contributed by atoms with Gasteiger partial charge in [0.05, 0.1) is 22.1 Å². The van der Waals surface area contributed by atoms with Crippen molar-refractivity contribution in [2.75, 3.05) is 0 Å². The second-order valence-electron chi connectivity index (χ2n) is 7.34. The lowest BCUT2D eigenvalue weighted by Gasteiger charge is -2.06. The summed E-state index contributed by atoms with van der Waals surface area (Å²) in [6.07, 6.45) is 0. The largest absolute Gasteiger partial charge is 0.276 e. The molecule has 2 aromatic heterocycles. The Labute approximate surface area is 184 Å². The molecule has 0 unspecified atom stereocenters. The summed E-state index contributed by atoms with van der Waals surface area (Å²) >= 11 is 0. The summed E-state index contributed by atoms with van der Waals surface area (Å²) in [6.45, 7) is 0. The zero-order valence-corrected chi connectivity index (χ0v) is 17.1. The molecule has 0 saturated carbocycles. The molecule has 0 radical (unpaired) electrons. The third-order valence-corrected chi connectivity index (χ3v) is 5.34. The lowest BCUT2D eigenvalue weighted by atomic mass is 10.3. The molecule has 6 nitrogen and oxygen atoms in total. The molecule has 2 heterocycles. The van der Waals surface area contributed by atoms with Crippen molar-refractivity contribution in [3.05, 3.63) is 109 Å². The Bertz CT molecular complexity index is 1440. The van der Waals surface area contributed by atoms with Crippen LogP contribution in [0, 0.1) is 0 Å². The molecular weight excluding hydrogens is 396 g/mol. The van der Waals surface area contributed by atoms with Crippen molar-refractivity contribution in [1.82, 2.24) is 19.1 Å². The SMILES string of the molecule is c1ccc(-n2c(N=Nc3nc4ccccc4n3-c3ccccc3)nc3ccccc32)cc1. The van der Waals surface area contributed by atoms with Gasteiger partial charge in [-0.3, -0.25) is 9.13 Å². The van der Waals surface area contributed by atoms with Gasteiger partial charge in [0.25, 0.3) is 11.9 Å². The van der Waals surface area contributed by atoms with Gasteiger partial charge in [0.2, 0.25) is 0 Å². The van der Waals surface area contributed by atoms with Crippen LogP contribution in [0.15, 0.2) is 119 Å². The normalized spacial score (nSPS) is 11.6. The third-order valence-electron chi connectivity index (χ3n) is 5.34. The Kier molecular flexibility index (Phi) is 4.32. The van der Waals surface area contributed by atoms with E-state index in [1.54, 1.807) is 0 Å². The lowest BCUT2D eigenvalue weighted by Crippen LogP contribution is -1.94. The molecule has 0 bridgehead atoms. The highest BCUT2D eigenvalue weighted by Crippen LogP contribution is 2.30. The number of nitrogens with zero attached hydrogens (tertiary/aromatic N) is 6. The molecule has 0 fully saturated rings. The summed E-state index contributed by atoms with van der Waals surface area (Å²) in [5.41, 5.74) is 5.63. The highest BCUT2D eigenvalue weighted by molar-refractivity contribution is 5.81. The average molecular weight is 414 g/mol. The average Bonchev–Trinajstić information content (AvgIpc) is 3.41. The number of aromatic nitrogens is 4. The Morgan fingerprint density at radius 3 is 1.25 bits per heavy atom. The number of benzene rings is 4. The number of imidazole rings is 2. The zero-order chi connectivity index (χ0) is 21.3. The number of fused-ring (bicyclic) bond motifs is 2. The molecular formula is C26H18N6. The molecule has 0 N–H and O–H groups in total. The summed E-state index contributed by atoms with van der Waals surface area (Å²) in [5, 5.41) is 9.13. The zero-order valence-electron chi connectivity index (χ0n) is 17.1. The predicted octanol–water partition coefficient (Wildman–Crippen LogP) is 6.78. The van der Waals surface area contributed by atoms with Crippen LogP contribution in [0.4, 0.5) is 11.9 Å². The minimum absolute atomic E-state index is 0.504. The number of azo groups is 1. The minimum Gasteiger partial charge on any atom is -0.276 e. The summed E-state index contributed by atoms with van der Waals surface area (Å²) < 4.78 is 4.02. The van der Waals surface area contributed by atoms with E-state index in [9.17, 15) is 0 Å². The van der Waals surface area contributed by atoms with Crippen LogP contribution < -0.4 is 0 Å². The molecule has 0 aliphatic rings. The van der Waals surface area contributed by atoms with E-state index in [4.69, 9.17) is 9.97 Å². The van der Waals surface area contributed by atoms with E-state index in [1.807, 2.05) is 118 Å². The Morgan fingerprint density at radius 1 is 0.438 bits per heavy atom. The molecule has 0 aliphatic heterocycles. The molecule has 6 aromatic rings. The maximum atomic E-state index is 4.73. The van der Waals surface area contributed by atoms with Crippen molar-refractivity contribution < 1.29 is 0 Å². The topological polar surface area (TPSA) is 60.4 Å². The van der Waals surface area contributed by atoms with Gasteiger partial charge in [0.1, 0.15) is 0 Å². The van der Waals surface area contributed by atoms with Gasteiger partial charge in [-0.15, -0.1) is 10.2 Å². The van der Waals surface area contributed by atoms with E-state index in [0.717, 1.165) is 33.4 Å². The molecule has 6 rings (SSSR count). The fraction of sp³-hybridized carbons (Fsp3) is 0. The van der Waals surface area contributed by atoms with Gasteiger partial charge >= 0.3 is 0 Å². The first-order chi connectivity index (χ1) is 15.9. The van der Waals surface area contributed by atoms with Gasteiger partial charge < -0.3 is 0 Å². The van der Waals surface area contributed by atoms with Gasteiger partial charge in [0, 0.05) is 11.4 Å². The van der Waals surface area contributed by atoms with Crippen molar-refractivity contribution in [1.29, 1.82) is 0 Å². The molecule has 4 aromatic carbocycles. The van der Waals surface area contributed by atoms with E-state index in [2.05, 4.69) is 10.2 Å². The van der Waals surface area contributed by atoms with Crippen LogP contribution in [0.3, 0.4) is 0 Å². The monoisotopic (exact) mass is 414 g/mol. The van der Waals surface area contributed by atoms with Crippen LogP contribution in [-0.2, 0) is 0 Å². The molecule has 0 aliphatic carbocycles. The fourth-order valence-electron chi connectivity index (χ4n) is 3.91. The second-order valence-corrected chi connectivity index (χ2v) is 7.34. The van der Waals surface area contributed by atoms with Crippen LogP contribution >= 0.6 is 0 Å². The number of hydrogen-bond acceptors (Lipinski definition) is 4. The fourth-order valence-corrected chi connectivity index (χ4v) is 3.91. The van der Waals surface area contributed by atoms with E-state index >= 15 is 0 Å². The van der Waals surface area contributed by atoms with Crippen molar-refractivity contribution in [3.63, 3.8) is 0 Å². The number of hydrogen-bond donors (Lipinski definition) is 0. The first-order valence-corrected chi connectivity index (χ1v) is 10.4. The van der Waals surface area contributed by atoms with Gasteiger partial charge in [-0.05, 0) is 48.5 Å². The number of para-hydroxylation sites is 6. The highest BCUT2D eigenvalue weighted by atomic mass is 15.3. The molecule has 32 heavy (non-hydrogen) atoms. The molecule has 0 amide bonds. The Morgan fingerprint density at radius 2 is 0.812 bits per heavy atom. The van der Waals surface area contributed by atoms with Crippen molar-refractivity contribution in [3.8, 4) is 11.4 Å². The summed E-state index contributed by atoms with van der Waals surface area (Å²) in [4.78, 5) is 9.45. The van der Waals surface area contributed by atoms with Gasteiger partial charge in [-0.2, -0.15) is 0 Å². The lowest BCUT2D eigenvalue weighted by molar-refractivity contribution is 0.978. The molecule has 152 valence electrons. The summed E-state index contributed by atoms with van der Waals surface area (Å²) in [5.74, 6) is 1.01. The van der Waals surface area contributed by atoms with E-state index in [-0.39, 0.29) is 0 Å². The van der Waals surface area contributed by atoms with Crippen molar-refractivity contribution in [2.45, 2.75) is 0 Å². The quantitative estimate of drug-likeness (QED) is 0.299. The first-order valence-electron chi connectivity index (χ1n) is 10.4. The Balaban J connectivity index is 1.54. The van der Waals surface area contributed by atoms with Gasteiger partial charge in [-0.1, -0.05) is 60.7 Å². The van der Waals surface area contributed by atoms with E-state index in [1.165, 1.54) is 0 Å². The minimum atomic E-state index is 0.504. The standard InChI is InChI=1S/C26H18N6/c1-3-11-19(12-4-1)31-23-17-9-7-15-21(23)27-25(31)29-30-26-28-22-16-8-10-18-24(22)32(26)20-13-5-2-6-14-20/h1-18H. The van der Waals surface area contributed by atoms with Crippen LogP contribution in [0.1, 0.15) is 0 Å². The van der Waals surface area contributed by atoms with E-state index in [0.29, 0.717) is 11.9 Å². The number of rotatable bonds is 4. The molecule has 0 spiro atoms. The Hall–Kier alpha value is -4.58. The predicted molar refractivity (Wildman–Crippen MR) is 126 cm³/mol. The van der Waals surface area contributed by atoms with Crippen LogP contribution in [0.25, 0.3) is 33.4 Å². The molecule has 6 heteroatoms. The highest BCUT2D eigenvalue weighted by Gasteiger charge is 2.14. The second kappa shape index (κ2) is 7.59. The summed E-state index contributed by atoms with van der Waals surface area (Å²) in [7, 11) is 0. The smallest absolute Gasteiger partial charge is 0.255 e. The first kappa shape index (κ1) is 18.2. The maximum Gasteiger partial charge on any atom is 0.255 e. The van der Waals surface area contributed by atoms with Crippen LogP contribution in [0.2, 0.25) is 0 Å².